The number of fused-ring (bicyclic) bond motifs is 2. The predicted molar refractivity (Wildman–Crippen MR) is 144 cm³/mol. The standard InChI is InChI=1S/C30H42F3N3O5/c1-38-26-16-40-9-6-24(26)34-23-12-22-15-36(25-7-10-41-17-27(25)39-2)18-29(22,13-23)28(37)35-8-5-19-3-4-21(30(31,32)33)11-20(19)14-35/h3-4,11,22-27,34H,5-10,12-18H2,1-2H3/t22-,23+,24?,25?,26?,27?,29-/m1/s1. The van der Waals surface area contributed by atoms with Crippen LogP contribution >= 0.6 is 0 Å². The van der Waals surface area contributed by atoms with E-state index in [0.717, 1.165) is 37.4 Å². The number of benzene rings is 1. The van der Waals surface area contributed by atoms with Crippen molar-refractivity contribution >= 4 is 5.91 Å². The number of halogens is 3. The average molecular weight is 582 g/mol. The predicted octanol–water partition coefficient (Wildman–Crippen LogP) is 2.87. The van der Waals surface area contributed by atoms with Gasteiger partial charge in [0.2, 0.25) is 5.91 Å². The number of nitrogens with one attached hydrogen (secondary N) is 1. The van der Waals surface area contributed by atoms with Crippen molar-refractivity contribution in [2.24, 2.45) is 11.3 Å². The fourth-order valence-corrected chi connectivity index (χ4v) is 8.12. The summed E-state index contributed by atoms with van der Waals surface area (Å²) in [5.41, 5.74) is 0.239. The number of ether oxygens (including phenoxy) is 4. The van der Waals surface area contributed by atoms with Gasteiger partial charge < -0.3 is 29.2 Å². The summed E-state index contributed by atoms with van der Waals surface area (Å²) in [5, 5.41) is 3.82. The van der Waals surface area contributed by atoms with Gasteiger partial charge in [0, 0.05) is 71.7 Å². The molecule has 5 aliphatic rings. The van der Waals surface area contributed by atoms with Crippen LogP contribution in [-0.2, 0) is 42.9 Å². The van der Waals surface area contributed by atoms with E-state index in [-0.39, 0.29) is 48.7 Å². The van der Waals surface area contributed by atoms with Crippen LogP contribution in [0.2, 0.25) is 0 Å². The van der Waals surface area contributed by atoms with E-state index >= 15 is 0 Å². The Kier molecular flexibility index (Phi) is 8.39. The molecule has 1 aromatic rings. The Morgan fingerprint density at radius 1 is 1.07 bits per heavy atom. The van der Waals surface area contributed by atoms with Gasteiger partial charge >= 0.3 is 6.18 Å². The first kappa shape index (κ1) is 29.3. The highest BCUT2D eigenvalue weighted by Crippen LogP contribution is 2.52. The van der Waals surface area contributed by atoms with Crippen molar-refractivity contribution in [2.75, 3.05) is 60.3 Å². The Morgan fingerprint density at radius 3 is 2.59 bits per heavy atom. The Labute approximate surface area is 239 Å². The molecule has 7 atom stereocenters. The summed E-state index contributed by atoms with van der Waals surface area (Å²) >= 11 is 0. The van der Waals surface area contributed by atoms with Gasteiger partial charge in [0.25, 0.3) is 0 Å². The topological polar surface area (TPSA) is 72.5 Å². The number of hydrogen-bond acceptors (Lipinski definition) is 7. The number of likely N-dealkylation sites (tertiary alicyclic amines) is 1. The number of methoxy groups -OCH3 is 2. The van der Waals surface area contributed by atoms with Crippen LogP contribution in [-0.4, -0.2) is 106 Å². The van der Waals surface area contributed by atoms with Gasteiger partial charge in [-0.1, -0.05) is 6.07 Å². The van der Waals surface area contributed by atoms with Gasteiger partial charge in [-0.15, -0.1) is 0 Å². The van der Waals surface area contributed by atoms with Gasteiger partial charge in [0.1, 0.15) is 0 Å². The summed E-state index contributed by atoms with van der Waals surface area (Å²) in [6, 6.07) is 4.46. The Balaban J connectivity index is 1.24. The Morgan fingerprint density at radius 2 is 1.83 bits per heavy atom. The van der Waals surface area contributed by atoms with Crippen molar-refractivity contribution in [3.8, 4) is 0 Å². The van der Waals surface area contributed by atoms with Gasteiger partial charge in [-0.25, -0.2) is 0 Å². The third-order valence-electron chi connectivity index (χ3n) is 10.3. The van der Waals surface area contributed by atoms with Crippen LogP contribution in [0.1, 0.15) is 42.4 Å². The molecule has 0 bridgehead atoms. The first-order valence-corrected chi connectivity index (χ1v) is 14.9. The molecule has 4 fully saturated rings. The molecule has 41 heavy (non-hydrogen) atoms. The number of nitrogens with zero attached hydrogens (tertiary/aromatic N) is 2. The summed E-state index contributed by atoms with van der Waals surface area (Å²) in [5.74, 6) is 0.227. The van der Waals surface area contributed by atoms with Gasteiger partial charge in [0.15, 0.2) is 0 Å². The van der Waals surface area contributed by atoms with E-state index < -0.39 is 17.2 Å². The first-order valence-electron chi connectivity index (χ1n) is 14.9. The number of carbonyl (C=O) groups excluding carboxylic acids is 1. The van der Waals surface area contributed by atoms with E-state index in [2.05, 4.69) is 10.2 Å². The molecule has 0 aromatic heterocycles. The largest absolute Gasteiger partial charge is 0.416 e. The second-order valence-electron chi connectivity index (χ2n) is 12.5. The minimum atomic E-state index is -4.41. The summed E-state index contributed by atoms with van der Waals surface area (Å²) in [6.45, 7) is 4.62. The lowest BCUT2D eigenvalue weighted by molar-refractivity contribution is -0.144. The van der Waals surface area contributed by atoms with Crippen molar-refractivity contribution in [3.63, 3.8) is 0 Å². The lowest BCUT2D eigenvalue weighted by atomic mass is 9.78. The van der Waals surface area contributed by atoms with Crippen molar-refractivity contribution < 1.29 is 36.9 Å². The molecule has 1 N–H and O–H groups in total. The van der Waals surface area contributed by atoms with E-state index in [0.29, 0.717) is 57.9 Å². The summed E-state index contributed by atoms with van der Waals surface area (Å²) < 4.78 is 63.2. The zero-order valence-corrected chi connectivity index (χ0v) is 24.0. The van der Waals surface area contributed by atoms with Crippen molar-refractivity contribution in [2.45, 2.75) is 75.2 Å². The first-order chi connectivity index (χ1) is 19.7. The van der Waals surface area contributed by atoms with E-state index in [1.807, 2.05) is 4.90 Å². The van der Waals surface area contributed by atoms with E-state index in [9.17, 15) is 18.0 Å². The van der Waals surface area contributed by atoms with Crippen LogP contribution in [0.3, 0.4) is 0 Å². The Hall–Kier alpha value is -1.76. The molecule has 6 rings (SSSR count). The van der Waals surface area contributed by atoms with Crippen LogP contribution < -0.4 is 5.32 Å². The molecule has 1 amide bonds. The molecule has 4 unspecified atom stereocenters. The summed E-state index contributed by atoms with van der Waals surface area (Å²) in [4.78, 5) is 18.8. The van der Waals surface area contributed by atoms with Crippen LogP contribution in [0.5, 0.6) is 0 Å². The van der Waals surface area contributed by atoms with Gasteiger partial charge in [0.05, 0.1) is 36.4 Å². The fourth-order valence-electron chi connectivity index (χ4n) is 8.12. The van der Waals surface area contributed by atoms with Gasteiger partial charge in [-0.05, 0) is 61.3 Å². The smallest absolute Gasteiger partial charge is 0.379 e. The van der Waals surface area contributed by atoms with E-state index in [1.165, 1.54) is 6.07 Å². The molecule has 4 heterocycles. The molecular formula is C30H42F3N3O5. The molecule has 3 saturated heterocycles. The minimum absolute atomic E-state index is 0.0292. The Bertz CT molecular complexity index is 1110. The van der Waals surface area contributed by atoms with Crippen LogP contribution in [0.4, 0.5) is 13.2 Å². The maximum absolute atomic E-state index is 14.6. The number of rotatable bonds is 6. The molecule has 11 heteroatoms. The molecule has 4 aliphatic heterocycles. The summed E-state index contributed by atoms with van der Waals surface area (Å²) in [6.07, 6.45) is -0.634. The molecule has 1 aromatic carbocycles. The fraction of sp³-hybridized carbons (Fsp3) is 0.767. The second-order valence-corrected chi connectivity index (χ2v) is 12.5. The van der Waals surface area contributed by atoms with Crippen LogP contribution in [0.15, 0.2) is 18.2 Å². The third kappa shape index (κ3) is 5.65. The maximum Gasteiger partial charge on any atom is 0.416 e. The number of amides is 1. The maximum atomic E-state index is 14.6. The van der Waals surface area contributed by atoms with Crippen LogP contribution in [0.25, 0.3) is 0 Å². The quantitative estimate of drug-likeness (QED) is 0.554. The van der Waals surface area contributed by atoms with Crippen molar-refractivity contribution in [3.05, 3.63) is 34.9 Å². The number of carbonyl (C=O) groups is 1. The summed E-state index contributed by atoms with van der Waals surface area (Å²) in [7, 11) is 3.42. The van der Waals surface area contributed by atoms with E-state index in [4.69, 9.17) is 18.9 Å². The van der Waals surface area contributed by atoms with Gasteiger partial charge in [-0.3, -0.25) is 9.69 Å². The second kappa shape index (κ2) is 11.7. The van der Waals surface area contributed by atoms with Crippen LogP contribution in [0, 0.1) is 11.3 Å². The number of hydrogen-bond donors (Lipinski definition) is 1. The molecule has 1 aliphatic carbocycles. The average Bonchev–Trinajstić information content (AvgIpc) is 3.50. The molecule has 0 spiro atoms. The molecular weight excluding hydrogens is 539 g/mol. The normalized spacial score (nSPS) is 36.3. The molecule has 8 nitrogen and oxygen atoms in total. The zero-order chi connectivity index (χ0) is 28.8. The number of alkyl halides is 3. The minimum Gasteiger partial charge on any atom is -0.379 e. The highest BCUT2D eigenvalue weighted by atomic mass is 19.4. The third-order valence-corrected chi connectivity index (χ3v) is 10.3. The zero-order valence-electron chi connectivity index (χ0n) is 24.0. The van der Waals surface area contributed by atoms with Crippen molar-refractivity contribution in [1.82, 2.24) is 15.1 Å². The van der Waals surface area contributed by atoms with E-state index in [1.54, 1.807) is 20.3 Å². The van der Waals surface area contributed by atoms with Gasteiger partial charge in [-0.2, -0.15) is 13.2 Å². The lowest BCUT2D eigenvalue weighted by Crippen LogP contribution is -2.54. The molecule has 1 saturated carbocycles. The highest BCUT2D eigenvalue weighted by molar-refractivity contribution is 5.85. The molecule has 228 valence electrons. The SMILES string of the molecule is COC1COCCC1N[C@H]1C[C@@H]2CN(C3CCOCC3OC)C[C@]2(C(=O)N2CCc3ccc(C(F)(F)F)cc3C2)C1. The monoisotopic (exact) mass is 581 g/mol. The lowest BCUT2D eigenvalue weighted by Gasteiger charge is -2.40. The van der Waals surface area contributed by atoms with Crippen molar-refractivity contribution in [1.29, 1.82) is 0 Å². The molecule has 0 radical (unpaired) electrons. The highest BCUT2D eigenvalue weighted by Gasteiger charge is 2.60.